The number of nitrogens with zero attached hydrogens (tertiary/aromatic N) is 3. The molecule has 0 unspecified atom stereocenters. The highest BCUT2D eigenvalue weighted by Gasteiger charge is 2.38. The zero-order valence-electron chi connectivity index (χ0n) is 14.6. The number of ketones is 1. The second-order valence-electron chi connectivity index (χ2n) is 6.27. The van der Waals surface area contributed by atoms with E-state index >= 15 is 0 Å². The van der Waals surface area contributed by atoms with Crippen LogP contribution in [-0.2, 0) is 4.79 Å². The second kappa shape index (κ2) is 6.23. The first kappa shape index (κ1) is 16.2. The van der Waals surface area contributed by atoms with Crippen LogP contribution in [0.4, 0.5) is 5.82 Å². The molecule has 132 valence electrons. The average molecular weight is 350 g/mol. The van der Waals surface area contributed by atoms with Gasteiger partial charge in [-0.1, -0.05) is 0 Å². The fourth-order valence-electron chi connectivity index (χ4n) is 3.68. The highest BCUT2D eigenvalue weighted by Crippen LogP contribution is 2.44. The Bertz CT molecular complexity index is 968. The van der Waals surface area contributed by atoms with Gasteiger partial charge in [-0.15, -0.1) is 0 Å². The third kappa shape index (κ3) is 2.34. The molecule has 0 radical (unpaired) electrons. The Balaban J connectivity index is 1.99. The Hall–Kier alpha value is -3.27. The van der Waals surface area contributed by atoms with Crippen molar-refractivity contribution in [3.63, 3.8) is 0 Å². The summed E-state index contributed by atoms with van der Waals surface area (Å²) in [6.45, 7) is 0. The lowest BCUT2D eigenvalue weighted by Gasteiger charge is -2.33. The van der Waals surface area contributed by atoms with Gasteiger partial charge >= 0.3 is 0 Å². The van der Waals surface area contributed by atoms with E-state index in [2.05, 4.69) is 16.5 Å². The summed E-state index contributed by atoms with van der Waals surface area (Å²) in [7, 11) is 3.19. The van der Waals surface area contributed by atoms with Gasteiger partial charge in [0, 0.05) is 23.3 Å². The number of methoxy groups -OCH3 is 2. The molecular weight excluding hydrogens is 332 g/mol. The maximum atomic E-state index is 12.8. The molecule has 1 aromatic heterocycles. The number of rotatable bonds is 3. The van der Waals surface area contributed by atoms with Crippen molar-refractivity contribution < 1.29 is 14.3 Å². The molecule has 7 heteroatoms. The Labute approximate surface area is 150 Å². The van der Waals surface area contributed by atoms with E-state index in [9.17, 15) is 10.1 Å². The number of carbonyl (C=O) groups excluding carboxylic acids is 1. The van der Waals surface area contributed by atoms with Crippen LogP contribution in [0.1, 0.15) is 36.4 Å². The van der Waals surface area contributed by atoms with Crippen molar-refractivity contribution in [1.29, 1.82) is 5.26 Å². The van der Waals surface area contributed by atoms with Crippen molar-refractivity contribution in [2.75, 3.05) is 19.5 Å². The highest BCUT2D eigenvalue weighted by atomic mass is 16.5. The van der Waals surface area contributed by atoms with Gasteiger partial charge in [0.25, 0.3) is 0 Å². The molecule has 0 spiro atoms. The van der Waals surface area contributed by atoms with Crippen LogP contribution in [0, 0.1) is 11.3 Å². The molecule has 1 aromatic carbocycles. The maximum Gasteiger partial charge on any atom is 0.163 e. The molecule has 0 bridgehead atoms. The Morgan fingerprint density at radius 1 is 1.31 bits per heavy atom. The number of carbonyl (C=O) groups is 1. The van der Waals surface area contributed by atoms with E-state index in [4.69, 9.17) is 9.47 Å². The number of Topliss-reactive ketones (excluding diaryl/α,β-unsaturated/α-hetero) is 1. The predicted molar refractivity (Wildman–Crippen MR) is 94.1 cm³/mol. The van der Waals surface area contributed by atoms with Gasteiger partial charge in [-0.05, 0) is 31.0 Å². The minimum Gasteiger partial charge on any atom is -0.497 e. The summed E-state index contributed by atoms with van der Waals surface area (Å²) in [6.07, 6.45) is 3.58. The summed E-state index contributed by atoms with van der Waals surface area (Å²) in [6, 6.07) is 7.19. The number of allylic oxidation sites excluding steroid dienone is 2. The molecule has 0 fully saturated rings. The lowest BCUT2D eigenvalue weighted by atomic mass is 9.85. The lowest BCUT2D eigenvalue weighted by Crippen LogP contribution is -2.31. The number of ether oxygens (including phenoxy) is 2. The molecule has 1 aliphatic heterocycles. The first-order valence-corrected chi connectivity index (χ1v) is 8.40. The smallest absolute Gasteiger partial charge is 0.163 e. The van der Waals surface area contributed by atoms with Crippen LogP contribution >= 0.6 is 0 Å². The molecule has 2 aliphatic rings. The minimum absolute atomic E-state index is 0.0910. The summed E-state index contributed by atoms with van der Waals surface area (Å²) in [5, 5.41) is 17.0. The van der Waals surface area contributed by atoms with Crippen molar-refractivity contribution in [2.24, 2.45) is 0 Å². The van der Waals surface area contributed by atoms with Crippen molar-refractivity contribution in [3.05, 3.63) is 46.8 Å². The summed E-state index contributed by atoms with van der Waals surface area (Å²) in [5.74, 6) is 2.01. The number of anilines is 1. The monoisotopic (exact) mass is 350 g/mol. The Morgan fingerprint density at radius 2 is 2.15 bits per heavy atom. The molecule has 0 amide bonds. The molecule has 0 saturated carbocycles. The highest BCUT2D eigenvalue weighted by molar-refractivity contribution is 5.99. The zero-order valence-corrected chi connectivity index (χ0v) is 14.6. The summed E-state index contributed by atoms with van der Waals surface area (Å²) >= 11 is 0. The van der Waals surface area contributed by atoms with E-state index in [-0.39, 0.29) is 5.78 Å². The van der Waals surface area contributed by atoms with Crippen LogP contribution in [0.15, 0.2) is 35.7 Å². The molecule has 1 N–H and O–H groups in total. The molecule has 7 nitrogen and oxygen atoms in total. The van der Waals surface area contributed by atoms with Gasteiger partial charge in [0.2, 0.25) is 0 Å². The van der Waals surface area contributed by atoms with Crippen LogP contribution in [0.25, 0.3) is 0 Å². The molecule has 26 heavy (non-hydrogen) atoms. The van der Waals surface area contributed by atoms with Gasteiger partial charge < -0.3 is 14.8 Å². The number of hydrogen-bond donors (Lipinski definition) is 1. The first-order chi connectivity index (χ1) is 12.7. The van der Waals surface area contributed by atoms with Crippen molar-refractivity contribution in [3.8, 4) is 17.6 Å². The van der Waals surface area contributed by atoms with Crippen LogP contribution < -0.4 is 14.8 Å². The molecule has 1 aliphatic carbocycles. The molecule has 4 rings (SSSR count). The van der Waals surface area contributed by atoms with E-state index in [0.717, 1.165) is 24.1 Å². The number of nitrogens with one attached hydrogen (secondary N) is 1. The standard InChI is InChI=1S/C19H18N4O3/c1-25-12-6-7-16(26-2)13(8-12)18-17-14(4-3-5-15(17)24)22-19-11(9-20)10-21-23(18)19/h6-8,10,18,22H,3-5H2,1-2H3/t18-/m1/s1. The normalized spacial score (nSPS) is 18.5. The van der Waals surface area contributed by atoms with Crippen LogP contribution in [0.2, 0.25) is 0 Å². The Morgan fingerprint density at radius 3 is 2.88 bits per heavy atom. The number of aromatic nitrogens is 2. The zero-order chi connectivity index (χ0) is 18.3. The maximum absolute atomic E-state index is 12.8. The molecular formula is C19H18N4O3. The first-order valence-electron chi connectivity index (χ1n) is 8.40. The number of fused-ring (bicyclic) bond motifs is 1. The average Bonchev–Trinajstić information content (AvgIpc) is 3.08. The summed E-state index contributed by atoms with van der Waals surface area (Å²) in [5.41, 5.74) is 2.77. The van der Waals surface area contributed by atoms with Crippen molar-refractivity contribution in [1.82, 2.24) is 9.78 Å². The summed E-state index contributed by atoms with van der Waals surface area (Å²) in [4.78, 5) is 12.8. The summed E-state index contributed by atoms with van der Waals surface area (Å²) < 4.78 is 12.6. The topological polar surface area (TPSA) is 89.2 Å². The van der Waals surface area contributed by atoms with E-state index < -0.39 is 6.04 Å². The third-order valence-electron chi connectivity index (χ3n) is 4.89. The van der Waals surface area contributed by atoms with Gasteiger partial charge in [0.1, 0.15) is 35.0 Å². The lowest BCUT2D eigenvalue weighted by molar-refractivity contribution is -0.116. The van der Waals surface area contributed by atoms with Crippen LogP contribution in [-0.4, -0.2) is 29.8 Å². The van der Waals surface area contributed by atoms with Gasteiger partial charge in [0.15, 0.2) is 5.78 Å². The number of hydrogen-bond acceptors (Lipinski definition) is 6. The minimum atomic E-state index is -0.457. The van der Waals surface area contributed by atoms with E-state index in [1.165, 1.54) is 6.20 Å². The van der Waals surface area contributed by atoms with E-state index in [0.29, 0.717) is 34.9 Å². The largest absolute Gasteiger partial charge is 0.497 e. The van der Waals surface area contributed by atoms with Crippen LogP contribution in [0.5, 0.6) is 11.5 Å². The quantitative estimate of drug-likeness (QED) is 0.915. The predicted octanol–water partition coefficient (Wildman–Crippen LogP) is 2.79. The van der Waals surface area contributed by atoms with Gasteiger partial charge in [-0.2, -0.15) is 10.4 Å². The third-order valence-corrected chi connectivity index (χ3v) is 4.89. The molecule has 1 atom stereocenters. The van der Waals surface area contributed by atoms with Crippen molar-refractivity contribution >= 4 is 11.6 Å². The van der Waals surface area contributed by atoms with Gasteiger partial charge in [-0.3, -0.25) is 4.79 Å². The fourth-order valence-corrected chi connectivity index (χ4v) is 3.68. The second-order valence-corrected chi connectivity index (χ2v) is 6.27. The van der Waals surface area contributed by atoms with Gasteiger partial charge in [-0.25, -0.2) is 4.68 Å². The van der Waals surface area contributed by atoms with Crippen LogP contribution in [0.3, 0.4) is 0 Å². The van der Waals surface area contributed by atoms with E-state index in [1.807, 2.05) is 18.2 Å². The SMILES string of the molecule is COc1ccc(OC)c([C@@H]2C3=C(CCCC3=O)Nc3c(C#N)cnn32)c1. The molecule has 2 aromatic rings. The van der Waals surface area contributed by atoms with Crippen molar-refractivity contribution in [2.45, 2.75) is 25.3 Å². The Kier molecular flexibility index (Phi) is 3.88. The van der Waals surface area contributed by atoms with Gasteiger partial charge in [0.05, 0.1) is 20.4 Å². The fraction of sp³-hybridized carbons (Fsp3) is 0.316. The number of nitriles is 1. The van der Waals surface area contributed by atoms with E-state index in [1.54, 1.807) is 18.9 Å². The molecule has 0 saturated heterocycles. The number of benzene rings is 1. The molecule has 2 heterocycles.